The zero-order chi connectivity index (χ0) is 9.38. The fourth-order valence-electron chi connectivity index (χ4n) is 2.24. The van der Waals surface area contributed by atoms with E-state index in [1.54, 1.807) is 0 Å². The summed E-state index contributed by atoms with van der Waals surface area (Å²) in [5.41, 5.74) is 1.30. The van der Waals surface area contributed by atoms with E-state index in [-0.39, 0.29) is 0 Å². The molecule has 2 aliphatic rings. The maximum absolute atomic E-state index is 4.80. The Morgan fingerprint density at radius 1 is 1.14 bits per heavy atom. The van der Waals surface area contributed by atoms with Gasteiger partial charge in [-0.3, -0.25) is 4.99 Å². The first-order valence-corrected chi connectivity index (χ1v) is 6.11. The summed E-state index contributed by atoms with van der Waals surface area (Å²) < 4.78 is 0. The molecule has 1 saturated carbocycles. The van der Waals surface area contributed by atoms with Gasteiger partial charge in [-0.2, -0.15) is 0 Å². The van der Waals surface area contributed by atoms with Crippen molar-refractivity contribution >= 4 is 16.8 Å². The summed E-state index contributed by atoms with van der Waals surface area (Å²) in [6.45, 7) is 0. The van der Waals surface area contributed by atoms with E-state index in [0.717, 1.165) is 5.25 Å². The highest BCUT2D eigenvalue weighted by Crippen LogP contribution is 2.40. The maximum Gasteiger partial charge on any atom is 0.0984 e. The molecule has 1 nitrogen and oxygen atoms in total. The molecule has 0 spiro atoms. The Morgan fingerprint density at radius 2 is 2.00 bits per heavy atom. The monoisotopic (exact) mass is 203 g/mol. The lowest BCUT2D eigenvalue weighted by Crippen LogP contribution is -2.07. The summed E-state index contributed by atoms with van der Waals surface area (Å²) in [4.78, 5) is 4.80. The number of aliphatic imine (C=N–C) groups is 1. The van der Waals surface area contributed by atoms with Gasteiger partial charge in [-0.15, -0.1) is 11.8 Å². The topological polar surface area (TPSA) is 12.4 Å². The number of benzene rings is 1. The van der Waals surface area contributed by atoms with Crippen LogP contribution in [0.5, 0.6) is 0 Å². The first kappa shape index (κ1) is 8.54. The van der Waals surface area contributed by atoms with Crippen molar-refractivity contribution in [2.24, 2.45) is 4.99 Å². The van der Waals surface area contributed by atoms with Crippen LogP contribution in [0.2, 0.25) is 0 Å². The van der Waals surface area contributed by atoms with Gasteiger partial charge in [0.25, 0.3) is 0 Å². The molecule has 0 N–H and O–H groups in total. The smallest absolute Gasteiger partial charge is 0.0984 e. The zero-order valence-corrected chi connectivity index (χ0v) is 8.83. The molecular formula is C12H13NS. The third-order valence-electron chi connectivity index (χ3n) is 2.98. The zero-order valence-electron chi connectivity index (χ0n) is 8.02. The van der Waals surface area contributed by atoms with Crippen LogP contribution in [-0.4, -0.2) is 16.3 Å². The predicted octanol–water partition coefficient (Wildman–Crippen LogP) is 3.10. The molecule has 0 unspecified atom stereocenters. The van der Waals surface area contributed by atoms with Crippen LogP contribution in [0.25, 0.3) is 0 Å². The molecule has 1 heterocycles. The van der Waals surface area contributed by atoms with Crippen molar-refractivity contribution in [2.75, 3.05) is 0 Å². The molecule has 0 amide bonds. The SMILES string of the molecule is c1ccc(C2=N[C@@H]3CCC[C@@H]3S2)cc1. The highest BCUT2D eigenvalue weighted by atomic mass is 32.2. The number of nitrogens with zero attached hydrogens (tertiary/aromatic N) is 1. The van der Waals surface area contributed by atoms with Gasteiger partial charge in [-0.05, 0) is 12.8 Å². The number of fused-ring (bicyclic) bond motifs is 1. The minimum atomic E-state index is 0.621. The Labute approximate surface area is 88.6 Å². The normalized spacial score (nSPS) is 30.1. The van der Waals surface area contributed by atoms with Crippen molar-refractivity contribution in [3.8, 4) is 0 Å². The van der Waals surface area contributed by atoms with Crippen LogP contribution in [0.3, 0.4) is 0 Å². The molecular weight excluding hydrogens is 190 g/mol. The van der Waals surface area contributed by atoms with Gasteiger partial charge in [0.2, 0.25) is 0 Å². The summed E-state index contributed by atoms with van der Waals surface area (Å²) in [6.07, 6.45) is 4.02. The number of thioether (sulfide) groups is 1. The summed E-state index contributed by atoms with van der Waals surface area (Å²) in [6, 6.07) is 11.2. The maximum atomic E-state index is 4.80. The largest absolute Gasteiger partial charge is 0.273 e. The molecule has 72 valence electrons. The molecule has 1 aromatic carbocycles. The van der Waals surface area contributed by atoms with E-state index >= 15 is 0 Å². The Balaban J connectivity index is 1.88. The van der Waals surface area contributed by atoms with Gasteiger partial charge < -0.3 is 0 Å². The van der Waals surface area contributed by atoms with E-state index < -0.39 is 0 Å². The standard InChI is InChI=1S/C12H13NS/c1-2-5-9(6-3-1)12-13-10-7-4-8-11(10)14-12/h1-3,5-6,10-11H,4,7-8H2/t10-,11+/m1/s1. The minimum absolute atomic E-state index is 0.621. The van der Waals surface area contributed by atoms with Crippen LogP contribution < -0.4 is 0 Å². The highest BCUT2D eigenvalue weighted by Gasteiger charge is 2.34. The Bertz CT molecular complexity index is 358. The van der Waals surface area contributed by atoms with Crippen LogP contribution in [0.15, 0.2) is 35.3 Å². The third-order valence-corrected chi connectivity index (χ3v) is 4.40. The van der Waals surface area contributed by atoms with Gasteiger partial charge >= 0.3 is 0 Å². The molecule has 1 aliphatic carbocycles. The van der Waals surface area contributed by atoms with E-state index in [4.69, 9.17) is 4.99 Å². The number of hydrogen-bond donors (Lipinski definition) is 0. The highest BCUT2D eigenvalue weighted by molar-refractivity contribution is 8.15. The lowest BCUT2D eigenvalue weighted by Gasteiger charge is -2.03. The third kappa shape index (κ3) is 1.38. The summed E-state index contributed by atoms with van der Waals surface area (Å²) in [5, 5.41) is 2.05. The van der Waals surface area contributed by atoms with Gasteiger partial charge in [-0.25, -0.2) is 0 Å². The van der Waals surface area contributed by atoms with Crippen LogP contribution >= 0.6 is 11.8 Å². The first-order chi connectivity index (χ1) is 6.93. The molecule has 2 heteroatoms. The average Bonchev–Trinajstić information content (AvgIpc) is 2.78. The Kier molecular flexibility index (Phi) is 2.09. The molecule has 1 aliphatic heterocycles. The minimum Gasteiger partial charge on any atom is -0.273 e. The van der Waals surface area contributed by atoms with Crippen molar-refractivity contribution in [3.63, 3.8) is 0 Å². The molecule has 0 bridgehead atoms. The molecule has 0 radical (unpaired) electrons. The predicted molar refractivity (Wildman–Crippen MR) is 62.0 cm³/mol. The van der Waals surface area contributed by atoms with Gasteiger partial charge in [0.15, 0.2) is 0 Å². The average molecular weight is 203 g/mol. The quantitative estimate of drug-likeness (QED) is 0.683. The second kappa shape index (κ2) is 3.43. The molecule has 14 heavy (non-hydrogen) atoms. The summed E-state index contributed by atoms with van der Waals surface area (Å²) in [7, 11) is 0. The van der Waals surface area contributed by atoms with Gasteiger partial charge in [0, 0.05) is 10.8 Å². The van der Waals surface area contributed by atoms with E-state index in [9.17, 15) is 0 Å². The van der Waals surface area contributed by atoms with Crippen LogP contribution in [-0.2, 0) is 0 Å². The fourth-order valence-corrected chi connectivity index (χ4v) is 3.63. The van der Waals surface area contributed by atoms with E-state index in [0.29, 0.717) is 6.04 Å². The van der Waals surface area contributed by atoms with Crippen molar-refractivity contribution in [3.05, 3.63) is 35.9 Å². The van der Waals surface area contributed by atoms with Gasteiger partial charge in [-0.1, -0.05) is 36.8 Å². The molecule has 0 aromatic heterocycles. The van der Waals surface area contributed by atoms with E-state index in [2.05, 4.69) is 30.3 Å². The second-order valence-corrected chi connectivity index (χ2v) is 5.18. The molecule has 3 rings (SSSR count). The van der Waals surface area contributed by atoms with E-state index in [1.165, 1.54) is 29.9 Å². The first-order valence-electron chi connectivity index (χ1n) is 5.23. The summed E-state index contributed by atoms with van der Waals surface area (Å²) >= 11 is 1.98. The van der Waals surface area contributed by atoms with Crippen LogP contribution in [0.4, 0.5) is 0 Å². The number of rotatable bonds is 1. The Morgan fingerprint density at radius 3 is 2.79 bits per heavy atom. The molecule has 1 aromatic rings. The Hall–Kier alpha value is -0.760. The van der Waals surface area contributed by atoms with Crippen molar-refractivity contribution in [1.82, 2.24) is 0 Å². The van der Waals surface area contributed by atoms with Crippen molar-refractivity contribution in [2.45, 2.75) is 30.6 Å². The van der Waals surface area contributed by atoms with Crippen LogP contribution in [0, 0.1) is 0 Å². The van der Waals surface area contributed by atoms with Gasteiger partial charge in [0.1, 0.15) is 0 Å². The van der Waals surface area contributed by atoms with Gasteiger partial charge in [0.05, 0.1) is 11.1 Å². The van der Waals surface area contributed by atoms with Crippen LogP contribution in [0.1, 0.15) is 24.8 Å². The lowest BCUT2D eigenvalue weighted by molar-refractivity contribution is 0.732. The molecule has 1 fully saturated rings. The fraction of sp³-hybridized carbons (Fsp3) is 0.417. The number of hydrogen-bond acceptors (Lipinski definition) is 2. The second-order valence-electron chi connectivity index (χ2n) is 3.95. The van der Waals surface area contributed by atoms with Crippen molar-refractivity contribution < 1.29 is 0 Å². The lowest BCUT2D eigenvalue weighted by atomic mass is 10.2. The summed E-state index contributed by atoms with van der Waals surface area (Å²) in [5.74, 6) is 0. The molecule has 2 atom stereocenters. The molecule has 0 saturated heterocycles. The van der Waals surface area contributed by atoms with E-state index in [1.807, 2.05) is 11.8 Å². The van der Waals surface area contributed by atoms with Crippen molar-refractivity contribution in [1.29, 1.82) is 0 Å².